The number of benzene rings is 1. The van der Waals surface area contributed by atoms with Crippen molar-refractivity contribution in [2.75, 3.05) is 18.6 Å². The van der Waals surface area contributed by atoms with Gasteiger partial charge in [-0.3, -0.25) is 0 Å². The van der Waals surface area contributed by atoms with Crippen LogP contribution < -0.4 is 5.32 Å². The van der Waals surface area contributed by atoms with Crippen molar-refractivity contribution in [2.24, 2.45) is 0 Å². The third-order valence-electron chi connectivity index (χ3n) is 2.89. The molecule has 0 amide bonds. The number of nitrogens with one attached hydrogen (secondary N) is 1. The first-order chi connectivity index (χ1) is 9.54. The Morgan fingerprint density at radius 3 is 2.55 bits per heavy atom. The molecule has 1 aromatic heterocycles. The summed E-state index contributed by atoms with van der Waals surface area (Å²) in [5.74, 6) is 0.250. The van der Waals surface area contributed by atoms with Gasteiger partial charge in [0.05, 0.1) is 5.75 Å². The number of hydrogen-bond acceptors (Lipinski definition) is 4. The molecule has 2 aromatic rings. The smallest absolute Gasteiger partial charge is 0.147 e. The highest BCUT2D eigenvalue weighted by molar-refractivity contribution is 7.90. The van der Waals surface area contributed by atoms with E-state index >= 15 is 0 Å². The van der Waals surface area contributed by atoms with E-state index in [9.17, 15) is 8.42 Å². The lowest BCUT2D eigenvalue weighted by atomic mass is 10.2. The number of rotatable bonds is 7. The van der Waals surface area contributed by atoms with Gasteiger partial charge >= 0.3 is 0 Å². The first-order valence-electron chi connectivity index (χ1n) is 6.57. The standard InChI is InChI=1S/C15H19NO2S2/c1-20(17,18)11-5-10-16-12-14-8-9-15(19-14)13-6-3-2-4-7-13/h2-4,6-9,16H,5,10-12H2,1H3. The van der Waals surface area contributed by atoms with E-state index in [1.807, 2.05) is 18.2 Å². The summed E-state index contributed by atoms with van der Waals surface area (Å²) in [6.45, 7) is 1.52. The molecule has 0 spiro atoms. The van der Waals surface area contributed by atoms with Gasteiger partial charge in [0.15, 0.2) is 0 Å². The van der Waals surface area contributed by atoms with Crippen molar-refractivity contribution in [2.45, 2.75) is 13.0 Å². The molecule has 0 saturated heterocycles. The van der Waals surface area contributed by atoms with Crippen LogP contribution in [0.25, 0.3) is 10.4 Å². The lowest BCUT2D eigenvalue weighted by Crippen LogP contribution is -2.17. The number of hydrogen-bond donors (Lipinski definition) is 1. The van der Waals surface area contributed by atoms with Gasteiger partial charge in [-0.05, 0) is 30.7 Å². The van der Waals surface area contributed by atoms with E-state index in [1.54, 1.807) is 11.3 Å². The summed E-state index contributed by atoms with van der Waals surface area (Å²) in [6.07, 6.45) is 1.94. The second-order valence-electron chi connectivity index (χ2n) is 4.79. The van der Waals surface area contributed by atoms with Crippen LogP contribution in [0.2, 0.25) is 0 Å². The maximum absolute atomic E-state index is 11.0. The minimum atomic E-state index is -2.84. The second-order valence-corrected chi connectivity index (χ2v) is 8.22. The van der Waals surface area contributed by atoms with E-state index in [0.29, 0.717) is 6.42 Å². The Bertz CT molecular complexity index is 633. The Morgan fingerprint density at radius 2 is 1.85 bits per heavy atom. The molecular weight excluding hydrogens is 290 g/mol. The monoisotopic (exact) mass is 309 g/mol. The molecule has 1 N–H and O–H groups in total. The SMILES string of the molecule is CS(=O)(=O)CCCNCc1ccc(-c2ccccc2)s1. The van der Waals surface area contributed by atoms with Crippen molar-refractivity contribution in [1.82, 2.24) is 5.32 Å². The molecule has 0 bridgehead atoms. The molecule has 0 radical (unpaired) electrons. The van der Waals surface area contributed by atoms with Gasteiger partial charge in [-0.2, -0.15) is 0 Å². The Morgan fingerprint density at radius 1 is 1.10 bits per heavy atom. The summed E-state index contributed by atoms with van der Waals surface area (Å²) in [5.41, 5.74) is 1.24. The molecule has 3 nitrogen and oxygen atoms in total. The van der Waals surface area contributed by atoms with E-state index in [-0.39, 0.29) is 5.75 Å². The maximum Gasteiger partial charge on any atom is 0.147 e. The summed E-state index contributed by atoms with van der Waals surface area (Å²) in [6, 6.07) is 14.6. The van der Waals surface area contributed by atoms with Gasteiger partial charge in [0.2, 0.25) is 0 Å². The summed E-state index contributed by atoms with van der Waals surface area (Å²) in [7, 11) is -2.84. The molecule has 0 aliphatic heterocycles. The zero-order valence-corrected chi connectivity index (χ0v) is 13.1. The molecule has 0 atom stereocenters. The molecule has 0 saturated carbocycles. The fraction of sp³-hybridized carbons (Fsp3) is 0.333. The van der Waals surface area contributed by atoms with Gasteiger partial charge in [0.1, 0.15) is 9.84 Å². The van der Waals surface area contributed by atoms with Crippen LogP contribution in [-0.2, 0) is 16.4 Å². The molecule has 20 heavy (non-hydrogen) atoms. The predicted molar refractivity (Wildman–Crippen MR) is 85.8 cm³/mol. The first-order valence-corrected chi connectivity index (χ1v) is 9.45. The largest absolute Gasteiger partial charge is 0.312 e. The molecule has 0 unspecified atom stereocenters. The normalized spacial score (nSPS) is 11.7. The predicted octanol–water partition coefficient (Wildman–Crippen LogP) is 2.94. The summed E-state index contributed by atoms with van der Waals surface area (Å²) in [4.78, 5) is 2.53. The van der Waals surface area contributed by atoms with Crippen molar-refractivity contribution in [1.29, 1.82) is 0 Å². The molecule has 0 aliphatic rings. The van der Waals surface area contributed by atoms with E-state index < -0.39 is 9.84 Å². The van der Waals surface area contributed by atoms with E-state index in [4.69, 9.17) is 0 Å². The maximum atomic E-state index is 11.0. The topological polar surface area (TPSA) is 46.2 Å². The fourth-order valence-corrected chi connectivity index (χ4v) is 3.55. The third kappa shape index (κ3) is 5.07. The zero-order chi connectivity index (χ0) is 14.4. The molecular formula is C15H19NO2S2. The lowest BCUT2D eigenvalue weighted by molar-refractivity contribution is 0.594. The Hall–Kier alpha value is -1.17. The summed E-state index contributed by atoms with van der Waals surface area (Å²) in [5, 5.41) is 3.29. The summed E-state index contributed by atoms with van der Waals surface area (Å²) >= 11 is 1.77. The van der Waals surface area contributed by atoms with Gasteiger partial charge in [0, 0.05) is 22.6 Å². The van der Waals surface area contributed by atoms with Crippen molar-refractivity contribution >= 4 is 21.2 Å². The highest BCUT2D eigenvalue weighted by atomic mass is 32.2. The quantitative estimate of drug-likeness (QED) is 0.800. The highest BCUT2D eigenvalue weighted by Crippen LogP contribution is 2.27. The van der Waals surface area contributed by atoms with Gasteiger partial charge in [-0.1, -0.05) is 30.3 Å². The van der Waals surface area contributed by atoms with Crippen molar-refractivity contribution in [3.05, 3.63) is 47.3 Å². The van der Waals surface area contributed by atoms with E-state index in [2.05, 4.69) is 29.6 Å². The molecule has 2 rings (SSSR count). The minimum Gasteiger partial charge on any atom is -0.312 e. The van der Waals surface area contributed by atoms with Crippen LogP contribution in [0.3, 0.4) is 0 Å². The van der Waals surface area contributed by atoms with Crippen LogP contribution in [0.1, 0.15) is 11.3 Å². The first kappa shape index (κ1) is 15.2. The van der Waals surface area contributed by atoms with Crippen molar-refractivity contribution in [3.63, 3.8) is 0 Å². The van der Waals surface area contributed by atoms with Gasteiger partial charge in [0.25, 0.3) is 0 Å². The molecule has 1 heterocycles. The van der Waals surface area contributed by atoms with E-state index in [1.165, 1.54) is 21.6 Å². The van der Waals surface area contributed by atoms with Crippen LogP contribution in [0.4, 0.5) is 0 Å². The zero-order valence-electron chi connectivity index (χ0n) is 11.5. The molecule has 5 heteroatoms. The summed E-state index contributed by atoms with van der Waals surface area (Å²) < 4.78 is 22.0. The van der Waals surface area contributed by atoms with Crippen LogP contribution in [0.15, 0.2) is 42.5 Å². The molecule has 1 aromatic carbocycles. The molecule has 108 valence electrons. The van der Waals surface area contributed by atoms with Crippen LogP contribution in [0.5, 0.6) is 0 Å². The van der Waals surface area contributed by atoms with Crippen LogP contribution >= 0.6 is 11.3 Å². The Balaban J connectivity index is 1.79. The van der Waals surface area contributed by atoms with Crippen molar-refractivity contribution in [3.8, 4) is 10.4 Å². The minimum absolute atomic E-state index is 0.250. The number of sulfone groups is 1. The van der Waals surface area contributed by atoms with Crippen LogP contribution in [-0.4, -0.2) is 27.0 Å². The molecule has 0 aliphatic carbocycles. The third-order valence-corrected chi connectivity index (χ3v) is 5.05. The van der Waals surface area contributed by atoms with Gasteiger partial charge in [-0.25, -0.2) is 8.42 Å². The van der Waals surface area contributed by atoms with Gasteiger partial charge in [-0.15, -0.1) is 11.3 Å². The van der Waals surface area contributed by atoms with Crippen LogP contribution in [0, 0.1) is 0 Å². The van der Waals surface area contributed by atoms with Crippen molar-refractivity contribution < 1.29 is 8.42 Å². The fourth-order valence-electron chi connectivity index (χ4n) is 1.90. The Kier molecular flexibility index (Phi) is 5.34. The second kappa shape index (κ2) is 7.02. The van der Waals surface area contributed by atoms with Gasteiger partial charge < -0.3 is 5.32 Å². The highest BCUT2D eigenvalue weighted by Gasteiger charge is 2.03. The Labute approximate surface area is 124 Å². The number of thiophene rings is 1. The average molecular weight is 309 g/mol. The molecule has 0 fully saturated rings. The average Bonchev–Trinajstić information content (AvgIpc) is 2.87. The van der Waals surface area contributed by atoms with E-state index in [0.717, 1.165) is 13.1 Å². The lowest BCUT2D eigenvalue weighted by Gasteiger charge is -2.02.